The minimum absolute atomic E-state index is 0.0896. The number of nitrogens with zero attached hydrogens (tertiary/aromatic N) is 2. The first-order valence-corrected chi connectivity index (χ1v) is 12.4. The molecule has 0 spiro atoms. The molecule has 0 saturated heterocycles. The van der Waals surface area contributed by atoms with Crippen molar-refractivity contribution in [2.24, 2.45) is 0 Å². The van der Waals surface area contributed by atoms with E-state index in [1.807, 2.05) is 0 Å². The number of carboxylic acids is 1. The summed E-state index contributed by atoms with van der Waals surface area (Å²) in [6.07, 6.45) is 2.76. The van der Waals surface area contributed by atoms with Crippen LogP contribution in [0.15, 0.2) is 54.7 Å². The molecule has 0 fully saturated rings. The highest BCUT2D eigenvalue weighted by Gasteiger charge is 2.22. The fourth-order valence-corrected chi connectivity index (χ4v) is 4.22. The Balaban J connectivity index is 1.30. The molecular formula is C26H28BN7O6. The van der Waals surface area contributed by atoms with Crippen LogP contribution in [0.2, 0.25) is 0 Å². The highest BCUT2D eigenvalue weighted by molar-refractivity contribution is 6.58. The van der Waals surface area contributed by atoms with Crippen LogP contribution in [-0.4, -0.2) is 61.1 Å². The Kier molecular flexibility index (Phi) is 8.62. The van der Waals surface area contributed by atoms with Gasteiger partial charge < -0.3 is 42.2 Å². The standard InChI is InChI=1S/C26H28BN7O6/c28-22-21-16(13-30-23(21)34-26(29)33-22)9-6-14-4-7-15(8-5-14)24(36)32-19(25(37)38)10-11-20(35)31-18-3-1-2-17(12-18)27(39)40/h1-5,7-8,12-13,19,39-40H,6,9-11H2,(H,31,35)(H,32,36)(H,37,38)(H5,28,29,30,33,34)/t19-/m0/s1. The molecule has 0 aliphatic rings. The Labute approximate surface area is 228 Å². The number of H-pyrrole nitrogens is 1. The summed E-state index contributed by atoms with van der Waals surface area (Å²) in [4.78, 5) is 47.9. The Morgan fingerprint density at radius 3 is 2.48 bits per heavy atom. The van der Waals surface area contributed by atoms with Crippen LogP contribution >= 0.6 is 0 Å². The summed E-state index contributed by atoms with van der Waals surface area (Å²) >= 11 is 0. The molecule has 2 amide bonds. The summed E-state index contributed by atoms with van der Waals surface area (Å²) in [6, 6.07) is 11.5. The third-order valence-electron chi connectivity index (χ3n) is 6.29. The van der Waals surface area contributed by atoms with E-state index >= 15 is 0 Å². The molecule has 4 aromatic rings. The number of carboxylic acid groups (broad SMARTS) is 1. The van der Waals surface area contributed by atoms with Crippen molar-refractivity contribution in [3.8, 4) is 0 Å². The SMILES string of the molecule is Nc1nc(N)c2c(CCc3ccc(C(=O)N[C@@H](CCC(=O)Nc4cccc(B(O)O)c4)C(=O)O)cc3)c[nH]c2n1. The summed E-state index contributed by atoms with van der Waals surface area (Å²) in [6.45, 7) is 0. The van der Waals surface area contributed by atoms with Crippen molar-refractivity contribution in [2.45, 2.75) is 31.7 Å². The molecule has 0 saturated carbocycles. The molecule has 10 N–H and O–H groups in total. The Morgan fingerprint density at radius 1 is 1.02 bits per heavy atom. The van der Waals surface area contributed by atoms with Gasteiger partial charge in [0.05, 0.1) is 5.39 Å². The second-order valence-electron chi connectivity index (χ2n) is 9.15. The Morgan fingerprint density at radius 2 is 1.77 bits per heavy atom. The molecule has 206 valence electrons. The van der Waals surface area contributed by atoms with Crippen molar-refractivity contribution in [3.63, 3.8) is 0 Å². The molecule has 40 heavy (non-hydrogen) atoms. The second-order valence-corrected chi connectivity index (χ2v) is 9.15. The van der Waals surface area contributed by atoms with E-state index in [4.69, 9.17) is 11.5 Å². The van der Waals surface area contributed by atoms with Crippen LogP contribution in [-0.2, 0) is 22.4 Å². The normalized spacial score (nSPS) is 11.7. The first kappa shape index (κ1) is 28.1. The molecule has 13 nitrogen and oxygen atoms in total. The first-order valence-electron chi connectivity index (χ1n) is 12.4. The van der Waals surface area contributed by atoms with Gasteiger partial charge in [-0.3, -0.25) is 9.59 Å². The molecule has 0 aliphatic heterocycles. The lowest BCUT2D eigenvalue weighted by molar-refractivity contribution is -0.139. The van der Waals surface area contributed by atoms with Crippen LogP contribution in [0, 0.1) is 0 Å². The minimum atomic E-state index is -1.69. The van der Waals surface area contributed by atoms with Gasteiger partial charge in [-0.05, 0) is 60.1 Å². The van der Waals surface area contributed by atoms with Crippen LogP contribution in [0.25, 0.3) is 11.0 Å². The number of benzene rings is 2. The summed E-state index contributed by atoms with van der Waals surface area (Å²) in [5, 5.41) is 33.8. The molecule has 2 aromatic heterocycles. The third kappa shape index (κ3) is 6.92. The van der Waals surface area contributed by atoms with E-state index in [9.17, 15) is 29.5 Å². The summed E-state index contributed by atoms with van der Waals surface area (Å²) < 4.78 is 0. The van der Waals surface area contributed by atoms with Gasteiger partial charge in [-0.25, -0.2) is 4.79 Å². The van der Waals surface area contributed by atoms with Crippen molar-refractivity contribution in [3.05, 3.63) is 71.4 Å². The highest BCUT2D eigenvalue weighted by atomic mass is 16.4. The van der Waals surface area contributed by atoms with Gasteiger partial charge in [-0.1, -0.05) is 24.3 Å². The number of carbonyl (C=O) groups excluding carboxylic acids is 2. The molecule has 14 heteroatoms. The lowest BCUT2D eigenvalue weighted by Gasteiger charge is -2.15. The topological polar surface area (TPSA) is 230 Å². The van der Waals surface area contributed by atoms with Crippen molar-refractivity contribution in [2.75, 3.05) is 16.8 Å². The van der Waals surface area contributed by atoms with Crippen molar-refractivity contribution < 1.29 is 29.5 Å². The zero-order valence-corrected chi connectivity index (χ0v) is 21.3. The van der Waals surface area contributed by atoms with Gasteiger partial charge in [-0.15, -0.1) is 0 Å². The van der Waals surface area contributed by atoms with E-state index in [0.717, 1.165) is 16.5 Å². The number of aryl methyl sites for hydroxylation is 2. The van der Waals surface area contributed by atoms with Crippen LogP contribution in [0.5, 0.6) is 0 Å². The Hall–Kier alpha value is -4.95. The number of nitrogens with two attached hydrogens (primary N) is 2. The van der Waals surface area contributed by atoms with Gasteiger partial charge in [0, 0.05) is 23.9 Å². The highest BCUT2D eigenvalue weighted by Crippen LogP contribution is 2.24. The zero-order chi connectivity index (χ0) is 28.8. The fourth-order valence-electron chi connectivity index (χ4n) is 4.22. The van der Waals surface area contributed by atoms with Crippen molar-refractivity contribution in [1.82, 2.24) is 20.3 Å². The molecule has 1 atom stereocenters. The van der Waals surface area contributed by atoms with Gasteiger partial charge in [0.2, 0.25) is 11.9 Å². The maximum atomic E-state index is 12.7. The van der Waals surface area contributed by atoms with E-state index in [1.54, 1.807) is 42.6 Å². The first-order chi connectivity index (χ1) is 19.1. The molecule has 0 unspecified atom stereocenters. The van der Waals surface area contributed by atoms with E-state index in [0.29, 0.717) is 30.0 Å². The number of anilines is 3. The smallest absolute Gasteiger partial charge is 0.480 e. The lowest BCUT2D eigenvalue weighted by atomic mass is 9.80. The number of nitrogens with one attached hydrogen (secondary N) is 3. The average molecular weight is 545 g/mol. The van der Waals surface area contributed by atoms with Crippen LogP contribution in [0.4, 0.5) is 17.5 Å². The second kappa shape index (κ2) is 12.3. The van der Waals surface area contributed by atoms with Gasteiger partial charge in [0.25, 0.3) is 5.91 Å². The van der Waals surface area contributed by atoms with Crippen LogP contribution in [0.1, 0.15) is 34.3 Å². The largest absolute Gasteiger partial charge is 0.488 e. The number of nitrogen functional groups attached to an aromatic ring is 2. The summed E-state index contributed by atoms with van der Waals surface area (Å²) in [7, 11) is -1.69. The predicted molar refractivity (Wildman–Crippen MR) is 150 cm³/mol. The van der Waals surface area contributed by atoms with E-state index in [1.165, 1.54) is 12.1 Å². The fraction of sp³-hybridized carbons (Fsp3) is 0.192. The number of fused-ring (bicyclic) bond motifs is 1. The predicted octanol–water partition coefficient (Wildman–Crippen LogP) is 0.189. The van der Waals surface area contributed by atoms with E-state index < -0.39 is 30.9 Å². The minimum Gasteiger partial charge on any atom is -0.480 e. The number of aromatic amines is 1. The lowest BCUT2D eigenvalue weighted by Crippen LogP contribution is -2.41. The monoisotopic (exact) mass is 545 g/mol. The number of aliphatic carboxylic acids is 1. The number of hydrogen-bond acceptors (Lipinski definition) is 9. The van der Waals surface area contributed by atoms with Gasteiger partial charge >= 0.3 is 13.1 Å². The summed E-state index contributed by atoms with van der Waals surface area (Å²) in [5.74, 6) is -1.95. The average Bonchev–Trinajstić information content (AvgIpc) is 3.33. The Bertz CT molecular complexity index is 1540. The number of carbonyl (C=O) groups is 3. The van der Waals surface area contributed by atoms with Crippen molar-refractivity contribution >= 4 is 58.9 Å². The maximum Gasteiger partial charge on any atom is 0.488 e. The molecule has 0 bridgehead atoms. The molecule has 0 aliphatic carbocycles. The number of aromatic nitrogens is 3. The molecular weight excluding hydrogens is 517 g/mol. The molecule has 4 rings (SSSR count). The zero-order valence-electron chi connectivity index (χ0n) is 21.3. The number of amides is 2. The quantitative estimate of drug-likeness (QED) is 0.119. The van der Waals surface area contributed by atoms with Crippen LogP contribution in [0.3, 0.4) is 0 Å². The van der Waals surface area contributed by atoms with E-state index in [2.05, 4.69) is 25.6 Å². The van der Waals surface area contributed by atoms with Gasteiger partial charge in [0.1, 0.15) is 17.5 Å². The molecule has 2 aromatic carbocycles. The van der Waals surface area contributed by atoms with E-state index in [-0.39, 0.29) is 29.8 Å². The van der Waals surface area contributed by atoms with Gasteiger partial charge in [0.15, 0.2) is 0 Å². The van der Waals surface area contributed by atoms with Crippen molar-refractivity contribution in [1.29, 1.82) is 0 Å². The maximum absolute atomic E-state index is 12.7. The third-order valence-corrected chi connectivity index (χ3v) is 6.29. The number of rotatable bonds is 11. The summed E-state index contributed by atoms with van der Waals surface area (Å²) in [5.41, 5.74) is 14.9. The number of hydrogen-bond donors (Lipinski definition) is 8. The molecule has 2 heterocycles. The van der Waals surface area contributed by atoms with Crippen LogP contribution < -0.4 is 27.6 Å². The molecule has 0 radical (unpaired) electrons. The van der Waals surface area contributed by atoms with Gasteiger partial charge in [-0.2, -0.15) is 9.97 Å².